The number of cyclic esters (lactones) is 1. The van der Waals surface area contributed by atoms with Gasteiger partial charge in [0.15, 0.2) is 0 Å². The lowest BCUT2D eigenvalue weighted by molar-refractivity contribution is -0.124. The Morgan fingerprint density at radius 3 is 2.55 bits per heavy atom. The normalized spacial score (nSPS) is 24.6. The van der Waals surface area contributed by atoms with Gasteiger partial charge >= 0.3 is 6.09 Å². The molecule has 5 heteroatoms. The highest BCUT2D eigenvalue weighted by Gasteiger charge is 2.40. The number of nitrogens with one attached hydrogen (secondary N) is 1. The number of hydrogen-bond donors (Lipinski definition) is 1. The van der Waals surface area contributed by atoms with Crippen molar-refractivity contribution in [3.8, 4) is 0 Å². The summed E-state index contributed by atoms with van der Waals surface area (Å²) in [6, 6.07) is 10.1. The number of carbonyl (C=O) groups excluding carboxylic acids is 2. The van der Waals surface area contributed by atoms with Gasteiger partial charge in [-0.15, -0.1) is 0 Å². The van der Waals surface area contributed by atoms with Crippen LogP contribution in [-0.4, -0.2) is 49.1 Å². The molecule has 2 heterocycles. The summed E-state index contributed by atoms with van der Waals surface area (Å²) in [7, 11) is 0. The maximum Gasteiger partial charge on any atom is 0.407 e. The van der Waals surface area contributed by atoms with Gasteiger partial charge in [-0.2, -0.15) is 0 Å². The first-order valence-corrected chi connectivity index (χ1v) is 7.83. The Bertz CT molecular complexity index is 550. The Morgan fingerprint density at radius 1 is 1.32 bits per heavy atom. The molecule has 1 unspecified atom stereocenters. The minimum Gasteiger partial charge on any atom is -0.443 e. The highest BCUT2D eigenvalue weighted by Crippen LogP contribution is 2.36. The van der Waals surface area contributed by atoms with E-state index in [1.165, 1.54) is 0 Å². The van der Waals surface area contributed by atoms with Crippen molar-refractivity contribution in [2.24, 2.45) is 0 Å². The first-order chi connectivity index (χ1) is 10.6. The fourth-order valence-electron chi connectivity index (χ4n) is 3.54. The van der Waals surface area contributed by atoms with Crippen LogP contribution in [-0.2, 0) is 14.9 Å². The van der Waals surface area contributed by atoms with Gasteiger partial charge in [0.2, 0.25) is 0 Å². The van der Waals surface area contributed by atoms with Crippen molar-refractivity contribution in [1.82, 2.24) is 10.2 Å². The molecule has 1 N–H and O–H groups in total. The molecule has 118 valence electrons. The molecule has 1 amide bonds. The van der Waals surface area contributed by atoms with Gasteiger partial charge in [0.25, 0.3) is 0 Å². The number of likely N-dealkylation sites (tertiary alicyclic amines) is 1. The van der Waals surface area contributed by atoms with Crippen molar-refractivity contribution in [1.29, 1.82) is 0 Å². The summed E-state index contributed by atoms with van der Waals surface area (Å²) in [6.45, 7) is 4.71. The summed E-state index contributed by atoms with van der Waals surface area (Å²) in [5, 5.41) is 2.68. The molecule has 0 spiro atoms. The number of amides is 1. The molecular formula is C17H22N2O3. The van der Waals surface area contributed by atoms with Crippen LogP contribution in [0.1, 0.15) is 25.3 Å². The molecule has 1 aromatic rings. The Balaban J connectivity index is 1.66. The van der Waals surface area contributed by atoms with E-state index in [-0.39, 0.29) is 23.4 Å². The molecule has 0 bridgehead atoms. The zero-order chi connectivity index (χ0) is 15.6. The van der Waals surface area contributed by atoms with Crippen LogP contribution in [0.4, 0.5) is 4.79 Å². The van der Waals surface area contributed by atoms with Gasteiger partial charge in [-0.25, -0.2) is 4.79 Å². The van der Waals surface area contributed by atoms with E-state index in [0.29, 0.717) is 6.54 Å². The second kappa shape index (κ2) is 6.08. The summed E-state index contributed by atoms with van der Waals surface area (Å²) < 4.78 is 5.19. The molecule has 22 heavy (non-hydrogen) atoms. The van der Waals surface area contributed by atoms with Crippen molar-refractivity contribution in [2.45, 2.75) is 31.3 Å². The van der Waals surface area contributed by atoms with Crippen molar-refractivity contribution in [3.63, 3.8) is 0 Å². The van der Waals surface area contributed by atoms with E-state index in [4.69, 9.17) is 4.74 Å². The second-order valence-electron chi connectivity index (χ2n) is 6.21. The van der Waals surface area contributed by atoms with Crippen molar-refractivity contribution in [3.05, 3.63) is 35.9 Å². The predicted molar refractivity (Wildman–Crippen MR) is 82.7 cm³/mol. The quantitative estimate of drug-likeness (QED) is 0.920. The number of nitrogens with zero attached hydrogens (tertiary/aromatic N) is 1. The van der Waals surface area contributed by atoms with Crippen LogP contribution in [0.2, 0.25) is 0 Å². The lowest BCUT2D eigenvalue weighted by Crippen LogP contribution is -2.48. The van der Waals surface area contributed by atoms with Crippen LogP contribution >= 0.6 is 0 Å². The molecule has 2 aliphatic heterocycles. The lowest BCUT2D eigenvalue weighted by atomic mass is 9.70. The average molecular weight is 302 g/mol. The second-order valence-corrected chi connectivity index (χ2v) is 6.21. The molecule has 2 fully saturated rings. The van der Waals surface area contributed by atoms with E-state index in [1.807, 2.05) is 18.2 Å². The van der Waals surface area contributed by atoms with E-state index in [2.05, 4.69) is 22.3 Å². The first kappa shape index (κ1) is 15.0. The maximum absolute atomic E-state index is 12.3. The van der Waals surface area contributed by atoms with Crippen LogP contribution in [0.25, 0.3) is 0 Å². The van der Waals surface area contributed by atoms with Crippen LogP contribution in [0.15, 0.2) is 30.3 Å². The Labute approximate surface area is 130 Å². The van der Waals surface area contributed by atoms with Gasteiger partial charge in [-0.3, -0.25) is 9.69 Å². The van der Waals surface area contributed by atoms with Gasteiger partial charge < -0.3 is 10.1 Å². The molecule has 0 radical (unpaired) electrons. The van der Waals surface area contributed by atoms with Gasteiger partial charge in [0.05, 0.1) is 12.0 Å². The zero-order valence-corrected chi connectivity index (χ0v) is 12.9. The summed E-state index contributed by atoms with van der Waals surface area (Å²) in [6.07, 6.45) is 1.24. The van der Waals surface area contributed by atoms with Gasteiger partial charge in [0.1, 0.15) is 11.9 Å². The number of Topliss-reactive ketones (excluding diaryl/α,β-unsaturated/α-hetero) is 1. The summed E-state index contributed by atoms with van der Waals surface area (Å²) in [4.78, 5) is 25.7. The first-order valence-electron chi connectivity index (χ1n) is 7.83. The summed E-state index contributed by atoms with van der Waals surface area (Å²) in [5.41, 5.74) is 0.763. The molecular weight excluding hydrogens is 280 g/mol. The largest absolute Gasteiger partial charge is 0.443 e. The van der Waals surface area contributed by atoms with Gasteiger partial charge in [-0.05, 0) is 38.4 Å². The Kier molecular flexibility index (Phi) is 4.16. The lowest BCUT2D eigenvalue weighted by Gasteiger charge is -2.41. The molecule has 5 nitrogen and oxygen atoms in total. The van der Waals surface area contributed by atoms with E-state index in [9.17, 15) is 9.59 Å². The Hall–Kier alpha value is -1.88. The Morgan fingerprint density at radius 2 is 2.00 bits per heavy atom. The summed E-state index contributed by atoms with van der Waals surface area (Å²) >= 11 is 0. The number of rotatable bonds is 4. The number of benzene rings is 1. The third-order valence-corrected chi connectivity index (χ3v) is 4.92. The number of ketones is 1. The predicted octanol–water partition coefficient (Wildman–Crippen LogP) is 1.72. The monoisotopic (exact) mass is 302 g/mol. The SMILES string of the molecule is CC(=O)C1(c2ccccc2)CCN(CC2CNC(=O)O2)CC1. The molecule has 0 saturated carbocycles. The maximum atomic E-state index is 12.3. The highest BCUT2D eigenvalue weighted by atomic mass is 16.6. The average Bonchev–Trinajstić information content (AvgIpc) is 2.94. The third-order valence-electron chi connectivity index (χ3n) is 4.92. The molecule has 2 saturated heterocycles. The van der Waals surface area contributed by atoms with Crippen molar-refractivity contribution >= 4 is 11.9 Å². The van der Waals surface area contributed by atoms with Gasteiger partial charge in [-0.1, -0.05) is 30.3 Å². The molecule has 2 aliphatic rings. The van der Waals surface area contributed by atoms with E-state index in [1.54, 1.807) is 6.92 Å². The highest BCUT2D eigenvalue weighted by molar-refractivity contribution is 5.88. The fraction of sp³-hybridized carbons (Fsp3) is 0.529. The number of piperidine rings is 1. The standard InChI is InChI=1S/C17H22N2O3/c1-13(20)17(14-5-3-2-4-6-14)7-9-19(10-8-17)12-15-11-18-16(21)22-15/h2-6,15H,7-12H2,1H3,(H,18,21). The molecule has 1 aromatic carbocycles. The molecule has 3 rings (SSSR count). The van der Waals surface area contributed by atoms with Crippen LogP contribution < -0.4 is 5.32 Å². The summed E-state index contributed by atoms with van der Waals surface area (Å²) in [5.74, 6) is 0.243. The topological polar surface area (TPSA) is 58.6 Å². The van der Waals surface area contributed by atoms with Crippen LogP contribution in [0, 0.1) is 0 Å². The third kappa shape index (κ3) is 2.86. The number of alkyl carbamates (subject to hydrolysis) is 1. The fourth-order valence-corrected chi connectivity index (χ4v) is 3.54. The molecule has 1 atom stereocenters. The zero-order valence-electron chi connectivity index (χ0n) is 12.9. The van der Waals surface area contributed by atoms with Gasteiger partial charge in [0, 0.05) is 6.54 Å². The smallest absolute Gasteiger partial charge is 0.407 e. The van der Waals surface area contributed by atoms with Crippen LogP contribution in [0.3, 0.4) is 0 Å². The number of ether oxygens (including phenoxy) is 1. The van der Waals surface area contributed by atoms with E-state index < -0.39 is 0 Å². The number of carbonyl (C=O) groups is 2. The minimum absolute atomic E-state index is 0.0750. The molecule has 0 aliphatic carbocycles. The number of hydrogen-bond acceptors (Lipinski definition) is 4. The van der Waals surface area contributed by atoms with Crippen molar-refractivity contribution in [2.75, 3.05) is 26.2 Å². The van der Waals surface area contributed by atoms with E-state index in [0.717, 1.165) is 38.0 Å². The van der Waals surface area contributed by atoms with Crippen molar-refractivity contribution < 1.29 is 14.3 Å². The van der Waals surface area contributed by atoms with Crippen LogP contribution in [0.5, 0.6) is 0 Å². The van der Waals surface area contributed by atoms with E-state index >= 15 is 0 Å². The molecule has 0 aromatic heterocycles. The minimum atomic E-state index is -0.359.